The first-order valence-electron chi connectivity index (χ1n) is 9.34. The maximum absolute atomic E-state index is 12.7. The van der Waals surface area contributed by atoms with Gasteiger partial charge < -0.3 is 20.9 Å². The van der Waals surface area contributed by atoms with Crippen molar-refractivity contribution in [3.05, 3.63) is 58.6 Å². The number of nitrogens with one attached hydrogen (secondary N) is 3. The Morgan fingerprint density at radius 3 is 2.27 bits per heavy atom. The Bertz CT molecular complexity index is 976. The molecule has 156 valence electrons. The third-order valence-electron chi connectivity index (χ3n) is 4.63. The van der Waals surface area contributed by atoms with Gasteiger partial charge in [0.15, 0.2) is 0 Å². The zero-order valence-electron chi connectivity index (χ0n) is 16.3. The van der Waals surface area contributed by atoms with Crippen molar-refractivity contribution in [2.45, 2.75) is 25.8 Å². The van der Waals surface area contributed by atoms with E-state index in [1.807, 2.05) is 0 Å². The fourth-order valence-corrected chi connectivity index (χ4v) is 3.27. The monoisotopic (exact) mass is 411 g/mol. The predicted octanol–water partition coefficient (Wildman–Crippen LogP) is 3.19. The van der Waals surface area contributed by atoms with Crippen LogP contribution < -0.4 is 16.0 Å². The van der Waals surface area contributed by atoms with Crippen LogP contribution in [0.25, 0.3) is 0 Å². The lowest BCUT2D eigenvalue weighted by molar-refractivity contribution is -0.383. The number of nitrogens with zero attached hydrogens (tertiary/aromatic N) is 2. The van der Waals surface area contributed by atoms with Gasteiger partial charge in [-0.25, -0.2) is 4.79 Å². The summed E-state index contributed by atoms with van der Waals surface area (Å²) in [6.07, 6.45) is 1.13. The lowest BCUT2D eigenvalue weighted by atomic mass is 10.2. The fraction of sp³-hybridized carbons (Fsp3) is 0.250. The number of hydrogen-bond donors (Lipinski definition) is 3. The van der Waals surface area contributed by atoms with Gasteiger partial charge in [0, 0.05) is 30.9 Å². The van der Waals surface area contributed by atoms with Crippen LogP contribution in [0.3, 0.4) is 0 Å². The molecule has 0 bridgehead atoms. The van der Waals surface area contributed by atoms with Crippen molar-refractivity contribution in [3.63, 3.8) is 0 Å². The number of para-hydroxylation sites is 2. The highest BCUT2D eigenvalue weighted by Crippen LogP contribution is 2.26. The van der Waals surface area contributed by atoms with Gasteiger partial charge >= 0.3 is 6.03 Å². The SMILES string of the molecule is CC(=O)Nc1ccc(NC(=O)[C@H]2CCCN2C(=O)Nc2ccccc2[N+](=O)[O-])cc1. The van der Waals surface area contributed by atoms with E-state index in [0.717, 1.165) is 0 Å². The summed E-state index contributed by atoms with van der Waals surface area (Å²) in [5.41, 5.74) is 0.990. The van der Waals surface area contributed by atoms with Crippen molar-refractivity contribution < 1.29 is 19.3 Å². The van der Waals surface area contributed by atoms with E-state index in [2.05, 4.69) is 16.0 Å². The van der Waals surface area contributed by atoms with Crippen LogP contribution in [-0.2, 0) is 9.59 Å². The average Bonchev–Trinajstić information content (AvgIpc) is 3.19. The number of carbonyl (C=O) groups excluding carboxylic acids is 3. The van der Waals surface area contributed by atoms with Crippen molar-refractivity contribution in [2.24, 2.45) is 0 Å². The first kappa shape index (κ1) is 20.8. The van der Waals surface area contributed by atoms with Crippen LogP contribution in [0.1, 0.15) is 19.8 Å². The van der Waals surface area contributed by atoms with Crippen molar-refractivity contribution in [1.82, 2.24) is 4.90 Å². The normalized spacial score (nSPS) is 15.4. The van der Waals surface area contributed by atoms with E-state index in [-0.39, 0.29) is 23.2 Å². The van der Waals surface area contributed by atoms with Crippen molar-refractivity contribution in [3.8, 4) is 0 Å². The van der Waals surface area contributed by atoms with E-state index in [1.54, 1.807) is 30.3 Å². The molecule has 1 aliphatic heterocycles. The molecule has 0 spiro atoms. The fourth-order valence-electron chi connectivity index (χ4n) is 3.27. The summed E-state index contributed by atoms with van der Waals surface area (Å²) in [5.74, 6) is -0.546. The van der Waals surface area contributed by atoms with Crippen LogP contribution in [0.4, 0.5) is 27.5 Å². The molecule has 10 heteroatoms. The van der Waals surface area contributed by atoms with Crippen molar-refractivity contribution in [2.75, 3.05) is 22.5 Å². The molecule has 1 heterocycles. The number of hydrogen-bond acceptors (Lipinski definition) is 5. The Morgan fingerprint density at radius 2 is 1.63 bits per heavy atom. The van der Waals surface area contributed by atoms with E-state index in [4.69, 9.17) is 0 Å². The number of anilines is 3. The topological polar surface area (TPSA) is 134 Å². The number of nitro benzene ring substituents is 1. The summed E-state index contributed by atoms with van der Waals surface area (Å²) in [4.78, 5) is 48.4. The minimum atomic E-state index is -0.692. The number of nitro groups is 1. The van der Waals surface area contributed by atoms with Crippen molar-refractivity contribution in [1.29, 1.82) is 0 Å². The van der Waals surface area contributed by atoms with Gasteiger partial charge in [0.1, 0.15) is 11.7 Å². The number of amides is 4. The first-order valence-corrected chi connectivity index (χ1v) is 9.34. The zero-order chi connectivity index (χ0) is 21.7. The second kappa shape index (κ2) is 9.03. The van der Waals surface area contributed by atoms with E-state index in [9.17, 15) is 24.5 Å². The summed E-state index contributed by atoms with van der Waals surface area (Å²) in [6.45, 7) is 1.77. The van der Waals surface area contributed by atoms with E-state index >= 15 is 0 Å². The third-order valence-corrected chi connectivity index (χ3v) is 4.63. The Balaban J connectivity index is 1.66. The molecular formula is C20H21N5O5. The quantitative estimate of drug-likeness (QED) is 0.513. The predicted molar refractivity (Wildman–Crippen MR) is 111 cm³/mol. The van der Waals surface area contributed by atoms with Gasteiger partial charge in [0.25, 0.3) is 5.69 Å². The minimum absolute atomic E-state index is 0.0760. The van der Waals surface area contributed by atoms with Gasteiger partial charge in [-0.3, -0.25) is 19.7 Å². The Hall–Kier alpha value is -3.95. The molecule has 1 saturated heterocycles. The number of carbonyl (C=O) groups is 3. The van der Waals surface area contributed by atoms with E-state index in [1.165, 1.54) is 30.0 Å². The van der Waals surface area contributed by atoms with Crippen LogP contribution >= 0.6 is 0 Å². The zero-order valence-corrected chi connectivity index (χ0v) is 16.3. The first-order chi connectivity index (χ1) is 14.3. The number of benzene rings is 2. The maximum atomic E-state index is 12.7. The Labute approximate surface area is 172 Å². The molecule has 0 radical (unpaired) electrons. The molecule has 2 aromatic carbocycles. The highest BCUT2D eigenvalue weighted by molar-refractivity contribution is 6.00. The minimum Gasteiger partial charge on any atom is -0.326 e. The summed E-state index contributed by atoms with van der Waals surface area (Å²) in [7, 11) is 0. The van der Waals surface area contributed by atoms with Crippen molar-refractivity contribution >= 4 is 40.6 Å². The maximum Gasteiger partial charge on any atom is 0.322 e. The number of rotatable bonds is 5. The molecule has 3 N–H and O–H groups in total. The van der Waals surface area contributed by atoms with E-state index < -0.39 is 17.0 Å². The molecule has 3 rings (SSSR count). The Kier molecular flexibility index (Phi) is 6.26. The molecule has 1 fully saturated rings. The molecule has 1 aliphatic rings. The second-order valence-electron chi connectivity index (χ2n) is 6.80. The van der Waals surface area contributed by atoms with Gasteiger partial charge in [-0.1, -0.05) is 12.1 Å². The van der Waals surface area contributed by atoms with Crippen LogP contribution in [0.2, 0.25) is 0 Å². The molecule has 30 heavy (non-hydrogen) atoms. The van der Waals surface area contributed by atoms with Gasteiger partial charge in [0.05, 0.1) is 4.92 Å². The summed E-state index contributed by atoms with van der Waals surface area (Å²) >= 11 is 0. The van der Waals surface area contributed by atoms with Gasteiger partial charge in [-0.05, 0) is 43.2 Å². The highest BCUT2D eigenvalue weighted by Gasteiger charge is 2.34. The number of likely N-dealkylation sites (tertiary alicyclic amines) is 1. The van der Waals surface area contributed by atoms with Gasteiger partial charge in [0.2, 0.25) is 11.8 Å². The summed E-state index contributed by atoms with van der Waals surface area (Å²) < 4.78 is 0. The molecular weight excluding hydrogens is 390 g/mol. The molecule has 4 amide bonds. The largest absolute Gasteiger partial charge is 0.326 e. The van der Waals surface area contributed by atoms with Crippen LogP contribution in [0, 0.1) is 10.1 Å². The van der Waals surface area contributed by atoms with Crippen LogP contribution in [-0.4, -0.2) is 40.3 Å². The summed E-state index contributed by atoms with van der Waals surface area (Å²) in [5, 5.41) is 19.1. The molecule has 2 aromatic rings. The molecule has 1 atom stereocenters. The average molecular weight is 411 g/mol. The smallest absolute Gasteiger partial charge is 0.322 e. The molecule has 0 aliphatic carbocycles. The highest BCUT2D eigenvalue weighted by atomic mass is 16.6. The van der Waals surface area contributed by atoms with Gasteiger partial charge in [-0.2, -0.15) is 0 Å². The standard InChI is InChI=1S/C20H21N5O5/c1-13(26)21-14-8-10-15(11-9-14)22-19(27)18-7-4-12-24(18)20(28)23-16-5-2-3-6-17(16)25(29)30/h2-3,5-6,8-11,18H,4,7,12H2,1H3,(H,21,26)(H,22,27)(H,23,28)/t18-/m1/s1. The van der Waals surface area contributed by atoms with Gasteiger partial charge in [-0.15, -0.1) is 0 Å². The van der Waals surface area contributed by atoms with Crippen LogP contribution in [0.5, 0.6) is 0 Å². The summed E-state index contributed by atoms with van der Waals surface area (Å²) in [6, 6.07) is 11.2. The molecule has 10 nitrogen and oxygen atoms in total. The molecule has 0 saturated carbocycles. The van der Waals surface area contributed by atoms with E-state index in [0.29, 0.717) is 30.8 Å². The lowest BCUT2D eigenvalue weighted by Gasteiger charge is -2.24. The third kappa shape index (κ3) is 4.90. The molecule has 0 unspecified atom stereocenters. The molecule has 0 aromatic heterocycles. The number of urea groups is 1. The Morgan fingerprint density at radius 1 is 1.00 bits per heavy atom. The lowest BCUT2D eigenvalue weighted by Crippen LogP contribution is -2.45. The second-order valence-corrected chi connectivity index (χ2v) is 6.80. The van der Waals surface area contributed by atoms with Crippen LogP contribution in [0.15, 0.2) is 48.5 Å².